The van der Waals surface area contributed by atoms with Gasteiger partial charge in [0.25, 0.3) is 0 Å². The van der Waals surface area contributed by atoms with Crippen LogP contribution in [0.1, 0.15) is 58.3 Å². The molecule has 5 unspecified atom stereocenters. The summed E-state index contributed by atoms with van der Waals surface area (Å²) in [6.45, 7) is 3.41. The number of nitrogens with one attached hydrogen (secondary N) is 2. The maximum absolute atomic E-state index is 13.1. The molecule has 2 N–H and O–H groups in total. The van der Waals surface area contributed by atoms with E-state index >= 15 is 0 Å². The van der Waals surface area contributed by atoms with Crippen LogP contribution >= 0.6 is 24.0 Å². The Labute approximate surface area is 176 Å². The third-order valence-electron chi connectivity index (χ3n) is 7.12. The van der Waals surface area contributed by atoms with E-state index in [0.717, 1.165) is 19.4 Å². The quantitative estimate of drug-likeness (QED) is 0.346. The molecule has 0 aromatic rings. The topological polar surface area (TPSA) is 45.7 Å². The van der Waals surface area contributed by atoms with Gasteiger partial charge in [-0.3, -0.25) is 4.99 Å². The normalized spacial score (nSPS) is 37.6. The molecule has 4 rings (SSSR count). The summed E-state index contributed by atoms with van der Waals surface area (Å²) in [5.74, 6) is 0.0290. The molecule has 156 valence electrons. The van der Waals surface area contributed by atoms with Crippen molar-refractivity contribution in [2.75, 3.05) is 13.2 Å². The summed E-state index contributed by atoms with van der Waals surface area (Å²) >= 11 is 0. The van der Waals surface area contributed by atoms with E-state index in [9.17, 15) is 13.2 Å². The SMILES string of the molecule is CCN=C(NC1CCCC(C(F)(F)F)C1)NC1C2CCOC2C12CCC2.I. The Morgan fingerprint density at radius 2 is 1.93 bits per heavy atom. The number of hydrogen-bond acceptors (Lipinski definition) is 2. The van der Waals surface area contributed by atoms with Gasteiger partial charge in [0.05, 0.1) is 12.0 Å². The summed E-state index contributed by atoms with van der Waals surface area (Å²) in [6, 6.07) is 0.199. The van der Waals surface area contributed by atoms with Gasteiger partial charge >= 0.3 is 6.18 Å². The zero-order valence-electron chi connectivity index (χ0n) is 15.9. The molecule has 3 saturated carbocycles. The van der Waals surface area contributed by atoms with Crippen LogP contribution in [0.3, 0.4) is 0 Å². The number of alkyl halides is 3. The molecule has 27 heavy (non-hydrogen) atoms. The second kappa shape index (κ2) is 8.24. The molecule has 4 nitrogen and oxygen atoms in total. The van der Waals surface area contributed by atoms with Crippen LogP contribution < -0.4 is 10.6 Å². The fourth-order valence-corrected chi connectivity index (χ4v) is 5.71. The van der Waals surface area contributed by atoms with Crippen molar-refractivity contribution in [1.82, 2.24) is 10.6 Å². The Morgan fingerprint density at radius 1 is 1.15 bits per heavy atom. The van der Waals surface area contributed by atoms with E-state index in [1.165, 1.54) is 19.3 Å². The Bertz CT molecular complexity index is 553. The van der Waals surface area contributed by atoms with Gasteiger partial charge in [-0.05, 0) is 45.4 Å². The highest BCUT2D eigenvalue weighted by Crippen LogP contribution is 2.62. The molecule has 4 fully saturated rings. The molecule has 0 bridgehead atoms. The number of nitrogens with zero attached hydrogens (tertiary/aromatic N) is 1. The number of hydrogen-bond donors (Lipinski definition) is 2. The molecule has 5 atom stereocenters. The number of guanidine groups is 1. The third-order valence-corrected chi connectivity index (χ3v) is 7.12. The maximum atomic E-state index is 13.1. The van der Waals surface area contributed by atoms with Gasteiger partial charge < -0.3 is 15.4 Å². The second-order valence-corrected chi connectivity index (χ2v) is 8.52. The van der Waals surface area contributed by atoms with E-state index in [-0.39, 0.29) is 48.3 Å². The first-order valence-corrected chi connectivity index (χ1v) is 10.2. The molecule has 0 aromatic carbocycles. The minimum absolute atomic E-state index is 0. The molecule has 8 heteroatoms. The van der Waals surface area contributed by atoms with Crippen LogP contribution in [0.2, 0.25) is 0 Å². The Hall–Kier alpha value is -0.250. The first-order valence-electron chi connectivity index (χ1n) is 10.2. The molecule has 4 aliphatic rings. The lowest BCUT2D eigenvalue weighted by Gasteiger charge is -2.63. The molecule has 0 amide bonds. The molecule has 1 spiro atoms. The van der Waals surface area contributed by atoms with E-state index in [2.05, 4.69) is 15.6 Å². The first-order chi connectivity index (χ1) is 12.4. The highest BCUT2D eigenvalue weighted by Gasteiger charge is 2.66. The second-order valence-electron chi connectivity index (χ2n) is 8.52. The lowest BCUT2D eigenvalue weighted by Crippen LogP contribution is -2.72. The standard InChI is InChI=1S/C19H30F3N3O.HI/c1-2-23-17(24-13-6-3-5-12(11-13)19(20,21)22)25-15-14-7-10-26-16(14)18(15)8-4-9-18;/h12-16H,2-11H2,1H3,(H2,23,24,25);1H. The molecule has 1 heterocycles. The van der Waals surface area contributed by atoms with Gasteiger partial charge in [-0.1, -0.05) is 12.8 Å². The number of aliphatic imine (C=N–C) groups is 1. The van der Waals surface area contributed by atoms with Crippen molar-refractivity contribution < 1.29 is 17.9 Å². The maximum Gasteiger partial charge on any atom is 0.391 e. The predicted octanol–water partition coefficient (Wildman–Crippen LogP) is 4.24. The van der Waals surface area contributed by atoms with Crippen molar-refractivity contribution in [2.45, 2.75) is 82.7 Å². The summed E-state index contributed by atoms with van der Waals surface area (Å²) < 4.78 is 45.2. The molecule has 1 saturated heterocycles. The highest BCUT2D eigenvalue weighted by molar-refractivity contribution is 14.0. The number of rotatable bonds is 3. The zero-order chi connectivity index (χ0) is 18.4. The van der Waals surface area contributed by atoms with Crippen LogP contribution in [-0.2, 0) is 4.74 Å². The molecule has 1 aliphatic heterocycles. The minimum Gasteiger partial charge on any atom is -0.377 e. The van der Waals surface area contributed by atoms with Crippen molar-refractivity contribution in [2.24, 2.45) is 22.2 Å². The van der Waals surface area contributed by atoms with Gasteiger partial charge in [0, 0.05) is 36.6 Å². The molecular weight excluding hydrogens is 470 g/mol. The van der Waals surface area contributed by atoms with E-state index in [4.69, 9.17) is 4.74 Å². The van der Waals surface area contributed by atoms with E-state index in [0.29, 0.717) is 37.0 Å². The Morgan fingerprint density at radius 3 is 2.56 bits per heavy atom. The monoisotopic (exact) mass is 501 g/mol. The minimum atomic E-state index is -4.09. The fraction of sp³-hybridized carbons (Fsp3) is 0.947. The molecular formula is C19H31F3IN3O. The van der Waals surface area contributed by atoms with Crippen LogP contribution in [0.4, 0.5) is 13.2 Å². The van der Waals surface area contributed by atoms with Crippen LogP contribution in [0, 0.1) is 17.3 Å². The lowest BCUT2D eigenvalue weighted by atomic mass is 9.46. The molecule has 0 aromatic heterocycles. The van der Waals surface area contributed by atoms with Gasteiger partial charge in [-0.15, -0.1) is 24.0 Å². The highest BCUT2D eigenvalue weighted by atomic mass is 127. The average molecular weight is 501 g/mol. The van der Waals surface area contributed by atoms with Crippen molar-refractivity contribution in [3.8, 4) is 0 Å². The summed E-state index contributed by atoms with van der Waals surface area (Å²) in [5.41, 5.74) is 0.235. The fourth-order valence-electron chi connectivity index (χ4n) is 5.71. The number of halogens is 4. The number of ether oxygens (including phenoxy) is 1. The summed E-state index contributed by atoms with van der Waals surface area (Å²) in [7, 11) is 0. The predicted molar refractivity (Wildman–Crippen MR) is 109 cm³/mol. The third kappa shape index (κ3) is 3.94. The molecule has 3 aliphatic carbocycles. The number of fused-ring (bicyclic) bond motifs is 2. The smallest absolute Gasteiger partial charge is 0.377 e. The summed E-state index contributed by atoms with van der Waals surface area (Å²) in [5, 5.41) is 6.92. The van der Waals surface area contributed by atoms with E-state index in [1.807, 2.05) is 6.92 Å². The first kappa shape index (κ1) is 21.5. The van der Waals surface area contributed by atoms with Crippen molar-refractivity contribution >= 4 is 29.9 Å². The van der Waals surface area contributed by atoms with Gasteiger partial charge in [-0.2, -0.15) is 13.2 Å². The average Bonchev–Trinajstić information content (AvgIpc) is 2.96. The van der Waals surface area contributed by atoms with Crippen LogP contribution in [0.25, 0.3) is 0 Å². The summed E-state index contributed by atoms with van der Waals surface area (Å²) in [4.78, 5) is 4.54. The van der Waals surface area contributed by atoms with Crippen LogP contribution in [0.15, 0.2) is 4.99 Å². The van der Waals surface area contributed by atoms with Gasteiger partial charge in [0.1, 0.15) is 0 Å². The van der Waals surface area contributed by atoms with Gasteiger partial charge in [0.2, 0.25) is 0 Å². The van der Waals surface area contributed by atoms with Crippen molar-refractivity contribution in [1.29, 1.82) is 0 Å². The van der Waals surface area contributed by atoms with Crippen molar-refractivity contribution in [3.63, 3.8) is 0 Å². The van der Waals surface area contributed by atoms with E-state index in [1.54, 1.807) is 0 Å². The Kier molecular flexibility index (Phi) is 6.55. The molecule has 0 radical (unpaired) electrons. The van der Waals surface area contributed by atoms with Gasteiger partial charge in [0.15, 0.2) is 5.96 Å². The zero-order valence-corrected chi connectivity index (χ0v) is 18.2. The largest absolute Gasteiger partial charge is 0.391 e. The van der Waals surface area contributed by atoms with Crippen LogP contribution in [-0.4, -0.2) is 43.5 Å². The van der Waals surface area contributed by atoms with Gasteiger partial charge in [-0.25, -0.2) is 0 Å². The Balaban J connectivity index is 0.00000210. The lowest BCUT2D eigenvalue weighted by molar-refractivity contribution is -0.183. The summed E-state index contributed by atoms with van der Waals surface area (Å²) in [6.07, 6.45) is 2.78. The van der Waals surface area contributed by atoms with Crippen LogP contribution in [0.5, 0.6) is 0 Å². The van der Waals surface area contributed by atoms with Crippen molar-refractivity contribution in [3.05, 3.63) is 0 Å². The van der Waals surface area contributed by atoms with E-state index < -0.39 is 12.1 Å².